The number of rotatable bonds is 6. The van der Waals surface area contributed by atoms with Crippen molar-refractivity contribution in [3.63, 3.8) is 0 Å². The first kappa shape index (κ1) is 19.9. The Bertz CT molecular complexity index is 530. The molecule has 0 aromatic heterocycles. The Labute approximate surface area is 143 Å². The summed E-state index contributed by atoms with van der Waals surface area (Å²) in [7, 11) is -1.87. The van der Waals surface area contributed by atoms with Gasteiger partial charge in [-0.1, -0.05) is 58.0 Å². The summed E-state index contributed by atoms with van der Waals surface area (Å²) in [5.41, 5.74) is 0.664. The van der Waals surface area contributed by atoms with Crippen molar-refractivity contribution in [2.24, 2.45) is 5.92 Å². The molecule has 1 rings (SSSR count). The van der Waals surface area contributed by atoms with Gasteiger partial charge in [-0.25, -0.2) is 4.74 Å². The predicted octanol–water partition coefficient (Wildman–Crippen LogP) is 5.20. The molecule has 0 heterocycles. The number of hydrogen-bond acceptors (Lipinski definition) is 2. The second-order valence-electron chi connectivity index (χ2n) is 8.46. The largest absolute Gasteiger partial charge is 0.624 e. The molecular formula is C19H33NO2Si. The van der Waals surface area contributed by atoms with E-state index in [9.17, 15) is 5.21 Å². The molecule has 0 aliphatic heterocycles. The van der Waals surface area contributed by atoms with Gasteiger partial charge in [-0.15, -0.1) is 0 Å². The summed E-state index contributed by atoms with van der Waals surface area (Å²) in [4.78, 5) is 0. The third-order valence-corrected chi connectivity index (χ3v) is 9.64. The van der Waals surface area contributed by atoms with Crippen molar-refractivity contribution in [1.82, 2.24) is 0 Å². The van der Waals surface area contributed by atoms with Crippen molar-refractivity contribution >= 4 is 14.5 Å². The van der Waals surface area contributed by atoms with E-state index >= 15 is 0 Å². The van der Waals surface area contributed by atoms with Crippen molar-refractivity contribution in [3.05, 3.63) is 41.1 Å². The lowest BCUT2D eigenvalue weighted by molar-refractivity contribution is -0.472. The normalized spacial score (nSPS) is 15.6. The lowest BCUT2D eigenvalue weighted by Crippen LogP contribution is -2.50. The summed E-state index contributed by atoms with van der Waals surface area (Å²) >= 11 is 0. The summed E-state index contributed by atoms with van der Waals surface area (Å²) in [6.45, 7) is 17.8. The number of hydrogen-bond donors (Lipinski definition) is 0. The molecular weight excluding hydrogens is 302 g/mol. The Hall–Kier alpha value is -1.13. The van der Waals surface area contributed by atoms with E-state index in [1.165, 1.54) is 0 Å². The standard InChI is InChI=1S/C19H33NO2Si/c1-16(14-20(21)15-17-12-10-9-11-13-17)19(5,6)22-23(7,8)18(2,3)4/h9-14,16H,15H2,1-8H3/b20-14-. The fourth-order valence-electron chi connectivity index (χ4n) is 2.15. The van der Waals surface area contributed by atoms with Gasteiger partial charge in [0.2, 0.25) is 0 Å². The van der Waals surface area contributed by atoms with Crippen molar-refractivity contribution in [1.29, 1.82) is 0 Å². The van der Waals surface area contributed by atoms with Gasteiger partial charge in [0.05, 0.1) is 11.5 Å². The fourth-order valence-corrected chi connectivity index (χ4v) is 3.96. The highest BCUT2D eigenvalue weighted by Crippen LogP contribution is 2.40. The topological polar surface area (TPSA) is 35.3 Å². The number of hydroxylamine groups is 1. The SMILES string of the molecule is CC(/C=[N+](\[O-])Cc1ccccc1)C(C)(C)O[Si](C)(C)C(C)(C)C. The Morgan fingerprint density at radius 3 is 2.13 bits per heavy atom. The molecule has 4 heteroatoms. The quantitative estimate of drug-likeness (QED) is 0.235. The minimum atomic E-state index is -1.87. The van der Waals surface area contributed by atoms with Gasteiger partial charge in [0.25, 0.3) is 0 Å². The van der Waals surface area contributed by atoms with Gasteiger partial charge in [-0.2, -0.15) is 0 Å². The number of nitrogens with zero attached hydrogens (tertiary/aromatic N) is 1. The molecule has 0 radical (unpaired) electrons. The molecule has 0 amide bonds. The summed E-state index contributed by atoms with van der Waals surface area (Å²) in [5.74, 6) is 0.0397. The zero-order valence-electron chi connectivity index (χ0n) is 16.0. The molecule has 3 nitrogen and oxygen atoms in total. The van der Waals surface area contributed by atoms with Crippen LogP contribution in [0.1, 0.15) is 47.1 Å². The van der Waals surface area contributed by atoms with E-state index in [0.717, 1.165) is 10.3 Å². The molecule has 0 saturated carbocycles. The van der Waals surface area contributed by atoms with E-state index in [4.69, 9.17) is 4.43 Å². The van der Waals surface area contributed by atoms with Crippen LogP contribution >= 0.6 is 0 Å². The zero-order chi connectivity index (χ0) is 17.9. The zero-order valence-corrected chi connectivity index (χ0v) is 17.0. The average Bonchev–Trinajstić information content (AvgIpc) is 2.36. The first-order valence-corrected chi connectivity index (χ1v) is 11.3. The average molecular weight is 336 g/mol. The molecule has 1 atom stereocenters. The van der Waals surface area contributed by atoms with Crippen LogP contribution < -0.4 is 0 Å². The van der Waals surface area contributed by atoms with Crippen molar-refractivity contribution < 1.29 is 9.16 Å². The molecule has 130 valence electrons. The second-order valence-corrected chi connectivity index (χ2v) is 13.2. The van der Waals surface area contributed by atoms with Crippen LogP contribution in [0.5, 0.6) is 0 Å². The maximum absolute atomic E-state index is 12.2. The molecule has 1 aromatic rings. The first-order valence-electron chi connectivity index (χ1n) is 8.38. The van der Waals surface area contributed by atoms with E-state index in [1.54, 1.807) is 6.21 Å². The molecule has 0 aliphatic carbocycles. The van der Waals surface area contributed by atoms with Crippen LogP contribution in [0.2, 0.25) is 18.1 Å². The summed E-state index contributed by atoms with van der Waals surface area (Å²) in [5, 5.41) is 12.4. The third kappa shape index (κ3) is 5.77. The van der Waals surface area contributed by atoms with Gasteiger partial charge in [-0.05, 0) is 32.0 Å². The maximum atomic E-state index is 12.2. The van der Waals surface area contributed by atoms with E-state index in [-0.39, 0.29) is 16.6 Å². The maximum Gasteiger partial charge on any atom is 0.192 e. The van der Waals surface area contributed by atoms with Crippen LogP contribution in [0.25, 0.3) is 0 Å². The highest BCUT2D eigenvalue weighted by Gasteiger charge is 2.43. The molecule has 23 heavy (non-hydrogen) atoms. The van der Waals surface area contributed by atoms with Crippen LogP contribution in [0.3, 0.4) is 0 Å². The molecule has 0 spiro atoms. The number of benzene rings is 1. The van der Waals surface area contributed by atoms with Crippen LogP contribution in [0, 0.1) is 11.1 Å². The van der Waals surface area contributed by atoms with Crippen molar-refractivity contribution in [2.45, 2.75) is 71.8 Å². The van der Waals surface area contributed by atoms with Gasteiger partial charge in [-0.3, -0.25) is 0 Å². The van der Waals surface area contributed by atoms with E-state index in [0.29, 0.717) is 6.54 Å². The smallest absolute Gasteiger partial charge is 0.192 e. The van der Waals surface area contributed by atoms with Crippen LogP contribution in [-0.4, -0.2) is 24.9 Å². The molecule has 0 N–H and O–H groups in total. The molecule has 1 aromatic carbocycles. The third-order valence-electron chi connectivity index (χ3n) is 4.99. The highest BCUT2D eigenvalue weighted by atomic mass is 28.4. The Morgan fingerprint density at radius 1 is 1.13 bits per heavy atom. The van der Waals surface area contributed by atoms with E-state index in [1.807, 2.05) is 30.3 Å². The van der Waals surface area contributed by atoms with Gasteiger partial charge in [0, 0.05) is 5.56 Å². The predicted molar refractivity (Wildman–Crippen MR) is 101 cm³/mol. The first-order chi connectivity index (χ1) is 10.3. The van der Waals surface area contributed by atoms with Crippen molar-refractivity contribution in [3.8, 4) is 0 Å². The molecule has 0 saturated heterocycles. The summed E-state index contributed by atoms with van der Waals surface area (Å²) in [6.07, 6.45) is 1.75. The molecule has 0 fully saturated rings. The fraction of sp³-hybridized carbons (Fsp3) is 0.632. The molecule has 1 unspecified atom stereocenters. The molecule has 0 aliphatic rings. The van der Waals surface area contributed by atoms with E-state index in [2.05, 4.69) is 54.6 Å². The minimum Gasteiger partial charge on any atom is -0.624 e. The molecule has 0 bridgehead atoms. The summed E-state index contributed by atoms with van der Waals surface area (Å²) in [6, 6.07) is 9.82. The van der Waals surface area contributed by atoms with Crippen LogP contribution in [0.15, 0.2) is 30.3 Å². The van der Waals surface area contributed by atoms with E-state index < -0.39 is 8.32 Å². The van der Waals surface area contributed by atoms with Gasteiger partial charge >= 0.3 is 0 Å². The lowest BCUT2D eigenvalue weighted by Gasteiger charge is -2.44. The Kier molecular flexibility index (Phi) is 6.22. The lowest BCUT2D eigenvalue weighted by atomic mass is 9.94. The monoisotopic (exact) mass is 335 g/mol. The second kappa shape index (κ2) is 7.18. The summed E-state index contributed by atoms with van der Waals surface area (Å²) < 4.78 is 7.57. The van der Waals surface area contributed by atoms with Gasteiger partial charge in [0.1, 0.15) is 0 Å². The van der Waals surface area contributed by atoms with Crippen LogP contribution in [-0.2, 0) is 11.0 Å². The Morgan fingerprint density at radius 2 is 1.65 bits per heavy atom. The minimum absolute atomic E-state index is 0.0397. The van der Waals surface area contributed by atoms with Gasteiger partial charge < -0.3 is 9.63 Å². The highest BCUT2D eigenvalue weighted by molar-refractivity contribution is 6.74. The Balaban J connectivity index is 2.81. The van der Waals surface area contributed by atoms with Crippen molar-refractivity contribution in [2.75, 3.05) is 0 Å². The van der Waals surface area contributed by atoms with Crippen LogP contribution in [0.4, 0.5) is 0 Å². The van der Waals surface area contributed by atoms with Gasteiger partial charge in [0.15, 0.2) is 21.1 Å².